The Bertz CT molecular complexity index is 308. The Morgan fingerprint density at radius 2 is 1.88 bits per heavy atom. The van der Waals surface area contributed by atoms with E-state index < -0.39 is 10.0 Å². The summed E-state index contributed by atoms with van der Waals surface area (Å²) in [5.41, 5.74) is 0. The van der Waals surface area contributed by atoms with Crippen molar-refractivity contribution in [1.29, 1.82) is 0 Å². The highest BCUT2D eigenvalue weighted by Crippen LogP contribution is 2.24. The lowest BCUT2D eigenvalue weighted by Gasteiger charge is -2.23. The minimum absolute atomic E-state index is 0.248. The van der Waals surface area contributed by atoms with Gasteiger partial charge in [0.25, 0.3) is 0 Å². The minimum Gasteiger partial charge on any atom is -0.314 e. The molecule has 0 aliphatic heterocycles. The van der Waals surface area contributed by atoms with Gasteiger partial charge in [-0.25, -0.2) is 12.7 Å². The summed E-state index contributed by atoms with van der Waals surface area (Å²) in [5, 5.41) is 3.24. The highest BCUT2D eigenvalue weighted by atomic mass is 32.2. The predicted octanol–water partition coefficient (Wildman–Crippen LogP) is 1.58. The monoisotopic (exact) mass is 262 g/mol. The molecular formula is C12H26N2O2S. The van der Waals surface area contributed by atoms with E-state index in [1.807, 2.05) is 0 Å². The molecular weight excluding hydrogens is 236 g/mol. The molecule has 0 aromatic heterocycles. The van der Waals surface area contributed by atoms with Gasteiger partial charge in [-0.2, -0.15) is 0 Å². The van der Waals surface area contributed by atoms with Crippen LogP contribution in [0.1, 0.15) is 46.0 Å². The first kappa shape index (κ1) is 14.9. The molecule has 1 saturated carbocycles. The maximum Gasteiger partial charge on any atom is 0.214 e. The zero-order chi connectivity index (χ0) is 12.9. The lowest BCUT2D eigenvalue weighted by Crippen LogP contribution is -2.37. The summed E-state index contributed by atoms with van der Waals surface area (Å²) in [7, 11) is -1.31. The smallest absolute Gasteiger partial charge is 0.214 e. The fraction of sp³-hybridized carbons (Fsp3) is 1.00. The average Bonchev–Trinajstić information content (AvgIpc) is 2.76. The molecule has 1 aliphatic carbocycles. The maximum absolute atomic E-state index is 12.1. The van der Waals surface area contributed by atoms with Gasteiger partial charge in [0.2, 0.25) is 10.0 Å². The van der Waals surface area contributed by atoms with Crippen LogP contribution in [-0.2, 0) is 10.0 Å². The molecule has 0 spiro atoms. The molecule has 0 bridgehead atoms. The standard InChI is InChI=1S/C12H26N2O2S/c1-11(2)13-9-6-10-17(15,16)14(3)12-7-4-5-8-12/h11-13H,4-10H2,1-3H3. The third-order valence-electron chi connectivity index (χ3n) is 3.41. The van der Waals surface area contributed by atoms with Crippen molar-refractivity contribution in [2.45, 2.75) is 58.0 Å². The number of nitrogens with one attached hydrogen (secondary N) is 1. The van der Waals surface area contributed by atoms with E-state index in [1.54, 1.807) is 11.4 Å². The molecule has 4 nitrogen and oxygen atoms in total. The Hall–Kier alpha value is -0.130. The second-order valence-corrected chi connectivity index (χ2v) is 7.38. The van der Waals surface area contributed by atoms with Gasteiger partial charge in [-0.3, -0.25) is 0 Å². The van der Waals surface area contributed by atoms with Gasteiger partial charge in [0, 0.05) is 19.1 Å². The molecule has 0 aromatic carbocycles. The first-order valence-corrected chi connectivity index (χ1v) is 8.23. The SMILES string of the molecule is CC(C)NCCCS(=O)(=O)N(C)C1CCCC1. The topological polar surface area (TPSA) is 49.4 Å². The highest BCUT2D eigenvalue weighted by molar-refractivity contribution is 7.89. The molecule has 1 fully saturated rings. The first-order valence-electron chi connectivity index (χ1n) is 6.62. The van der Waals surface area contributed by atoms with Crippen molar-refractivity contribution in [3.63, 3.8) is 0 Å². The summed E-state index contributed by atoms with van der Waals surface area (Å²) in [4.78, 5) is 0. The van der Waals surface area contributed by atoms with E-state index in [4.69, 9.17) is 0 Å². The Morgan fingerprint density at radius 3 is 2.41 bits per heavy atom. The van der Waals surface area contributed by atoms with E-state index in [1.165, 1.54) is 12.8 Å². The van der Waals surface area contributed by atoms with Crippen LogP contribution in [0, 0.1) is 0 Å². The predicted molar refractivity (Wildman–Crippen MR) is 71.6 cm³/mol. The summed E-state index contributed by atoms with van der Waals surface area (Å²) in [6.45, 7) is 4.91. The third-order valence-corrected chi connectivity index (χ3v) is 5.39. The lowest BCUT2D eigenvalue weighted by molar-refractivity contribution is 0.372. The Morgan fingerprint density at radius 1 is 1.29 bits per heavy atom. The van der Waals surface area contributed by atoms with Crippen LogP contribution in [0.5, 0.6) is 0 Å². The van der Waals surface area contributed by atoms with Crippen molar-refractivity contribution in [3.05, 3.63) is 0 Å². The zero-order valence-corrected chi connectivity index (χ0v) is 12.1. The lowest BCUT2D eigenvalue weighted by atomic mass is 10.3. The third kappa shape index (κ3) is 4.94. The summed E-state index contributed by atoms with van der Waals surface area (Å²) < 4.78 is 25.7. The second-order valence-electron chi connectivity index (χ2n) is 5.23. The van der Waals surface area contributed by atoms with Crippen molar-refractivity contribution in [1.82, 2.24) is 9.62 Å². The molecule has 1 aliphatic rings. The van der Waals surface area contributed by atoms with Crippen molar-refractivity contribution in [2.75, 3.05) is 19.3 Å². The van der Waals surface area contributed by atoms with Crippen LogP contribution in [0.15, 0.2) is 0 Å². The van der Waals surface area contributed by atoms with Gasteiger partial charge in [0.15, 0.2) is 0 Å². The van der Waals surface area contributed by atoms with Crippen LogP contribution in [0.3, 0.4) is 0 Å². The number of sulfonamides is 1. The van der Waals surface area contributed by atoms with Crippen LogP contribution in [0.2, 0.25) is 0 Å². The number of hydrogen-bond donors (Lipinski definition) is 1. The van der Waals surface area contributed by atoms with E-state index in [0.717, 1.165) is 19.4 Å². The zero-order valence-electron chi connectivity index (χ0n) is 11.3. The van der Waals surface area contributed by atoms with Gasteiger partial charge in [-0.05, 0) is 25.8 Å². The van der Waals surface area contributed by atoms with Crippen LogP contribution < -0.4 is 5.32 Å². The van der Waals surface area contributed by atoms with Gasteiger partial charge < -0.3 is 5.32 Å². The molecule has 102 valence electrons. The largest absolute Gasteiger partial charge is 0.314 e. The van der Waals surface area contributed by atoms with E-state index in [-0.39, 0.29) is 11.8 Å². The fourth-order valence-corrected chi connectivity index (χ4v) is 3.75. The molecule has 17 heavy (non-hydrogen) atoms. The molecule has 0 radical (unpaired) electrons. The molecule has 0 heterocycles. The van der Waals surface area contributed by atoms with Gasteiger partial charge in [0.05, 0.1) is 5.75 Å². The van der Waals surface area contributed by atoms with Crippen molar-refractivity contribution in [2.24, 2.45) is 0 Å². The van der Waals surface area contributed by atoms with Crippen LogP contribution in [0.25, 0.3) is 0 Å². The Labute approximate surface area is 106 Å². The van der Waals surface area contributed by atoms with Crippen LogP contribution in [0.4, 0.5) is 0 Å². The van der Waals surface area contributed by atoms with Gasteiger partial charge >= 0.3 is 0 Å². The average molecular weight is 262 g/mol. The highest BCUT2D eigenvalue weighted by Gasteiger charge is 2.27. The van der Waals surface area contributed by atoms with Crippen molar-refractivity contribution < 1.29 is 8.42 Å². The molecule has 0 unspecified atom stereocenters. The number of nitrogens with zero attached hydrogens (tertiary/aromatic N) is 1. The number of hydrogen-bond acceptors (Lipinski definition) is 3. The van der Waals surface area contributed by atoms with E-state index in [2.05, 4.69) is 19.2 Å². The Balaban J connectivity index is 2.34. The maximum atomic E-state index is 12.1. The number of rotatable bonds is 7. The summed E-state index contributed by atoms with van der Waals surface area (Å²) in [6.07, 6.45) is 5.08. The molecule has 0 saturated heterocycles. The first-order chi connectivity index (χ1) is 7.93. The summed E-state index contributed by atoms with van der Waals surface area (Å²) in [6, 6.07) is 0.670. The van der Waals surface area contributed by atoms with E-state index in [9.17, 15) is 8.42 Å². The second kappa shape index (κ2) is 6.71. The van der Waals surface area contributed by atoms with Crippen molar-refractivity contribution >= 4 is 10.0 Å². The normalized spacial score (nSPS) is 18.4. The molecule has 1 N–H and O–H groups in total. The van der Waals surface area contributed by atoms with Gasteiger partial charge in [0.1, 0.15) is 0 Å². The van der Waals surface area contributed by atoms with Gasteiger partial charge in [-0.1, -0.05) is 26.7 Å². The van der Waals surface area contributed by atoms with E-state index in [0.29, 0.717) is 12.5 Å². The molecule has 5 heteroatoms. The fourth-order valence-electron chi connectivity index (χ4n) is 2.28. The molecule has 1 rings (SSSR count). The van der Waals surface area contributed by atoms with Gasteiger partial charge in [-0.15, -0.1) is 0 Å². The van der Waals surface area contributed by atoms with Crippen LogP contribution >= 0.6 is 0 Å². The molecule has 0 aromatic rings. The summed E-state index contributed by atoms with van der Waals surface area (Å²) in [5.74, 6) is 0.264. The summed E-state index contributed by atoms with van der Waals surface area (Å²) >= 11 is 0. The van der Waals surface area contributed by atoms with Crippen LogP contribution in [-0.4, -0.2) is 44.2 Å². The van der Waals surface area contributed by atoms with E-state index >= 15 is 0 Å². The molecule has 0 amide bonds. The van der Waals surface area contributed by atoms with Crippen molar-refractivity contribution in [3.8, 4) is 0 Å². The minimum atomic E-state index is -3.05. The quantitative estimate of drug-likeness (QED) is 0.709. The molecule has 0 atom stereocenters. The Kier molecular flexibility index (Phi) is 5.89.